The number of aromatic amines is 4. The number of rotatable bonds is 0. The Morgan fingerprint density at radius 2 is 0.702 bits per heavy atom. The average molecular weight is 775 g/mol. The SMILES string of the molecule is CC(C)(C)c1c(C(C)(C)C)c(C(C)(C)C)c2c3[nH]c(c2c1C(C)(C)C)=Nc1[nH]c(c2ccccc12)N=c1[nH]c(c2ccccc12)=Nc1[nH]c(c2c(Cl)cccc12)N=3. The van der Waals surface area contributed by atoms with Gasteiger partial charge in [-0.05, 0) is 50.0 Å². The molecule has 0 saturated heterocycles. The molecule has 1 aliphatic heterocycles. The second kappa shape index (κ2) is 12.3. The van der Waals surface area contributed by atoms with Crippen molar-refractivity contribution in [2.24, 2.45) is 20.0 Å². The molecule has 0 atom stereocenters. The van der Waals surface area contributed by atoms with E-state index in [0.29, 0.717) is 33.5 Å². The van der Waals surface area contributed by atoms with Crippen LogP contribution in [0.2, 0.25) is 5.02 Å². The van der Waals surface area contributed by atoms with Crippen LogP contribution in [0.15, 0.2) is 86.7 Å². The molecule has 5 heterocycles. The predicted octanol–water partition coefficient (Wildman–Crippen LogP) is 11.6. The summed E-state index contributed by atoms with van der Waals surface area (Å²) in [5, 5.41) is 8.30. The van der Waals surface area contributed by atoms with E-state index in [1.165, 1.54) is 22.3 Å². The van der Waals surface area contributed by atoms with Gasteiger partial charge in [-0.3, -0.25) is 0 Å². The summed E-state index contributed by atoms with van der Waals surface area (Å²) in [5.74, 6) is 2.71. The van der Waals surface area contributed by atoms with Crippen molar-refractivity contribution in [1.29, 1.82) is 0 Å². The van der Waals surface area contributed by atoms with Crippen molar-refractivity contribution in [3.8, 4) is 0 Å². The number of H-pyrrole nitrogens is 4. The topological polar surface area (TPSA) is 113 Å². The van der Waals surface area contributed by atoms with Gasteiger partial charge in [0.15, 0.2) is 0 Å². The van der Waals surface area contributed by atoms with Crippen molar-refractivity contribution in [2.75, 3.05) is 0 Å². The fraction of sp³-hybridized carbons (Fsp3) is 0.333. The fourth-order valence-corrected chi connectivity index (χ4v) is 9.35. The number of nitrogens with one attached hydrogen (secondary N) is 4. The zero-order valence-electron chi connectivity index (χ0n) is 35.0. The average Bonchev–Trinajstić information content (AvgIpc) is 3.85. The number of aromatic nitrogens is 4. The second-order valence-corrected chi connectivity index (χ2v) is 20.1. The first-order valence-corrected chi connectivity index (χ1v) is 20.3. The second-order valence-electron chi connectivity index (χ2n) is 19.7. The molecular weight excluding hydrogens is 724 g/mol. The molecule has 0 unspecified atom stereocenters. The van der Waals surface area contributed by atoms with Crippen molar-refractivity contribution < 1.29 is 0 Å². The monoisotopic (exact) mass is 774 g/mol. The third kappa shape index (κ3) is 5.86. The number of nitrogens with zero attached hydrogens (tertiary/aromatic N) is 4. The molecule has 0 aliphatic carbocycles. The smallest absolute Gasteiger partial charge is 0.143 e. The van der Waals surface area contributed by atoms with Crippen LogP contribution >= 0.6 is 11.6 Å². The Labute approximate surface area is 337 Å². The molecule has 8 aromatic rings. The highest BCUT2D eigenvalue weighted by molar-refractivity contribution is 6.37. The normalized spacial score (nSPS) is 13.9. The Kier molecular flexibility index (Phi) is 7.99. The molecule has 4 N–H and O–H groups in total. The van der Waals surface area contributed by atoms with Gasteiger partial charge in [-0.1, -0.05) is 155 Å². The minimum absolute atomic E-state index is 0.192. The van der Waals surface area contributed by atoms with E-state index >= 15 is 0 Å². The summed E-state index contributed by atoms with van der Waals surface area (Å²) in [6.45, 7) is 28.0. The molecule has 0 fully saturated rings. The summed E-state index contributed by atoms with van der Waals surface area (Å²) in [4.78, 5) is 36.4. The van der Waals surface area contributed by atoms with E-state index < -0.39 is 0 Å². The number of hydrogen-bond donors (Lipinski definition) is 4. The molecular formula is C48H51ClN8. The lowest BCUT2D eigenvalue weighted by Gasteiger charge is -2.41. The summed E-state index contributed by atoms with van der Waals surface area (Å²) in [7, 11) is 0. The Balaban J connectivity index is 1.61. The van der Waals surface area contributed by atoms with Gasteiger partial charge in [0, 0.05) is 43.1 Å². The molecule has 57 heavy (non-hydrogen) atoms. The maximum atomic E-state index is 7.10. The van der Waals surface area contributed by atoms with Gasteiger partial charge in [-0.15, -0.1) is 0 Å². The molecule has 8 nitrogen and oxygen atoms in total. The molecule has 1 aliphatic rings. The minimum Gasteiger partial charge on any atom is -0.324 e. The first-order chi connectivity index (χ1) is 26.7. The Morgan fingerprint density at radius 3 is 1.16 bits per heavy atom. The lowest BCUT2D eigenvalue weighted by atomic mass is 9.63. The number of benzene rings is 4. The zero-order valence-corrected chi connectivity index (χ0v) is 35.8. The molecule has 0 amide bonds. The largest absolute Gasteiger partial charge is 0.324 e. The van der Waals surface area contributed by atoms with Gasteiger partial charge >= 0.3 is 0 Å². The summed E-state index contributed by atoms with van der Waals surface area (Å²) < 4.78 is 0. The van der Waals surface area contributed by atoms with Crippen molar-refractivity contribution >= 4 is 78.0 Å². The van der Waals surface area contributed by atoms with E-state index in [4.69, 9.17) is 31.6 Å². The van der Waals surface area contributed by atoms with Crippen LogP contribution in [0.25, 0.3) is 43.1 Å². The van der Waals surface area contributed by atoms with Crippen LogP contribution < -0.4 is 22.0 Å². The third-order valence-corrected chi connectivity index (χ3v) is 11.5. The Morgan fingerprint density at radius 1 is 0.351 bits per heavy atom. The highest BCUT2D eigenvalue weighted by Crippen LogP contribution is 2.49. The van der Waals surface area contributed by atoms with Crippen molar-refractivity contribution in [1.82, 2.24) is 19.9 Å². The van der Waals surface area contributed by atoms with Crippen LogP contribution in [0.3, 0.4) is 0 Å². The summed E-state index contributed by atoms with van der Waals surface area (Å²) in [6, 6.07) is 22.4. The standard InChI is InChI=1S/C48H51ClN8/c1-45(2,3)33-31-32(34(46(4,5)6)36(48(10,11)12)35(33)47(7,8)9)44-56-42-30-28(22-17-23-29(30)49)41(55-42)53-39-25-19-14-13-18-24(25)37(51-39)50-38-26-20-15-16-21-27(26)40(52-38)54-43(31)57-44/h13-23H,1-12H3,(H4,50,51,52,53,54,55,56,57). The fourth-order valence-electron chi connectivity index (χ4n) is 9.09. The maximum Gasteiger partial charge on any atom is 0.143 e. The number of hydrogen-bond acceptors (Lipinski definition) is 4. The highest BCUT2D eigenvalue weighted by Gasteiger charge is 2.40. The third-order valence-electron chi connectivity index (χ3n) is 11.2. The van der Waals surface area contributed by atoms with E-state index in [1.807, 2.05) is 36.4 Å². The molecule has 0 saturated carbocycles. The molecule has 9 rings (SSSR count). The Bertz CT molecular complexity index is 3230. The van der Waals surface area contributed by atoms with Crippen LogP contribution in [-0.2, 0) is 21.7 Å². The van der Waals surface area contributed by atoms with E-state index in [9.17, 15) is 0 Å². The van der Waals surface area contributed by atoms with Crippen molar-refractivity contribution in [3.05, 3.63) is 116 Å². The van der Waals surface area contributed by atoms with E-state index in [-0.39, 0.29) is 21.7 Å². The molecule has 8 bridgehead atoms. The Hall–Kier alpha value is -5.47. The molecule has 4 aromatic carbocycles. The molecule has 0 spiro atoms. The quantitative estimate of drug-likeness (QED) is 0.118. The number of halogens is 1. The minimum atomic E-state index is -0.271. The van der Waals surface area contributed by atoms with Gasteiger partial charge in [-0.25, -0.2) is 20.0 Å². The van der Waals surface area contributed by atoms with E-state index in [0.717, 1.165) is 59.9 Å². The van der Waals surface area contributed by atoms with Gasteiger partial charge in [0.05, 0.1) is 5.02 Å². The maximum absolute atomic E-state index is 7.10. The lowest BCUT2D eigenvalue weighted by molar-refractivity contribution is 0.482. The van der Waals surface area contributed by atoms with Crippen molar-refractivity contribution in [2.45, 2.75) is 105 Å². The van der Waals surface area contributed by atoms with E-state index in [1.54, 1.807) is 0 Å². The lowest BCUT2D eigenvalue weighted by Crippen LogP contribution is -2.33. The summed E-state index contributed by atoms with van der Waals surface area (Å²) >= 11 is 7.10. The first kappa shape index (κ1) is 37.1. The van der Waals surface area contributed by atoms with Crippen LogP contribution in [0, 0.1) is 0 Å². The van der Waals surface area contributed by atoms with Gasteiger partial charge in [-0.2, -0.15) is 0 Å². The van der Waals surface area contributed by atoms with Crippen LogP contribution in [-0.4, -0.2) is 19.9 Å². The highest BCUT2D eigenvalue weighted by atomic mass is 35.5. The molecule has 290 valence electrons. The van der Waals surface area contributed by atoms with Gasteiger partial charge in [0.25, 0.3) is 0 Å². The van der Waals surface area contributed by atoms with Gasteiger partial charge < -0.3 is 19.9 Å². The summed E-state index contributed by atoms with van der Waals surface area (Å²) in [6.07, 6.45) is 0. The molecule has 0 radical (unpaired) electrons. The van der Waals surface area contributed by atoms with Gasteiger partial charge in [0.2, 0.25) is 0 Å². The summed E-state index contributed by atoms with van der Waals surface area (Å²) in [5.41, 5.74) is 7.20. The molecule has 9 heteroatoms. The number of fused-ring (bicyclic) bond motifs is 20. The van der Waals surface area contributed by atoms with Gasteiger partial charge in [0.1, 0.15) is 45.2 Å². The van der Waals surface area contributed by atoms with Crippen LogP contribution in [0.1, 0.15) is 105 Å². The first-order valence-electron chi connectivity index (χ1n) is 19.9. The van der Waals surface area contributed by atoms with Crippen LogP contribution in [0.5, 0.6) is 0 Å². The van der Waals surface area contributed by atoms with Crippen molar-refractivity contribution in [3.63, 3.8) is 0 Å². The van der Waals surface area contributed by atoms with Crippen LogP contribution in [0.4, 0.5) is 23.3 Å². The molecule has 4 aromatic heterocycles. The van der Waals surface area contributed by atoms with E-state index in [2.05, 4.69) is 133 Å². The zero-order chi connectivity index (χ0) is 40.6. The predicted molar refractivity (Wildman–Crippen MR) is 236 cm³/mol.